The molecule has 0 radical (unpaired) electrons. The Hall–Kier alpha value is -1.91. The predicted molar refractivity (Wildman–Crippen MR) is 82.2 cm³/mol. The van der Waals surface area contributed by atoms with Gasteiger partial charge in [0.25, 0.3) is 5.91 Å². The number of carbonyl (C=O) groups is 1. The first-order chi connectivity index (χ1) is 9.60. The van der Waals surface area contributed by atoms with Gasteiger partial charge in [0.15, 0.2) is 6.61 Å². The number of hydrogen-bond acceptors (Lipinski definition) is 4. The number of nitrogens with one attached hydrogen (secondary N) is 2. The summed E-state index contributed by atoms with van der Waals surface area (Å²) in [5, 5.41) is 6.20. The number of benzene rings is 1. The van der Waals surface area contributed by atoms with Gasteiger partial charge in [-0.2, -0.15) is 0 Å². The molecule has 0 spiro atoms. The minimum Gasteiger partial charge on any atom is -0.482 e. The van der Waals surface area contributed by atoms with E-state index in [0.29, 0.717) is 23.2 Å². The number of rotatable bonds is 6. The van der Waals surface area contributed by atoms with Crippen molar-refractivity contribution in [2.24, 2.45) is 0 Å². The standard InChI is InChI=1S/C15H23N3O2/c1-3-4-5-6-10(2)17-12-8-13-14(7-11(12)16)20-9-15(19)18-13/h7-8,10,17H,3-6,9,16H2,1-2H3,(H,18,19). The van der Waals surface area contributed by atoms with Crippen molar-refractivity contribution >= 4 is 23.0 Å². The summed E-state index contributed by atoms with van der Waals surface area (Å²) < 4.78 is 5.34. The lowest BCUT2D eigenvalue weighted by Gasteiger charge is -2.22. The second-order valence-electron chi connectivity index (χ2n) is 5.31. The summed E-state index contributed by atoms with van der Waals surface area (Å²) in [5.74, 6) is 0.496. The molecule has 20 heavy (non-hydrogen) atoms. The highest BCUT2D eigenvalue weighted by molar-refractivity contribution is 5.97. The second kappa shape index (κ2) is 6.50. The van der Waals surface area contributed by atoms with Crippen molar-refractivity contribution in [3.63, 3.8) is 0 Å². The summed E-state index contributed by atoms with van der Waals surface area (Å²) in [6.45, 7) is 4.39. The average molecular weight is 277 g/mol. The van der Waals surface area contributed by atoms with Crippen molar-refractivity contribution in [3.8, 4) is 5.75 Å². The van der Waals surface area contributed by atoms with Crippen LogP contribution in [0.25, 0.3) is 0 Å². The first kappa shape index (κ1) is 14.5. The molecule has 5 nitrogen and oxygen atoms in total. The lowest BCUT2D eigenvalue weighted by molar-refractivity contribution is -0.118. The van der Waals surface area contributed by atoms with Crippen LogP contribution >= 0.6 is 0 Å². The van der Waals surface area contributed by atoms with Gasteiger partial charge in [0.1, 0.15) is 5.75 Å². The van der Waals surface area contributed by atoms with Crippen molar-refractivity contribution in [3.05, 3.63) is 12.1 Å². The summed E-state index contributed by atoms with van der Waals surface area (Å²) in [4.78, 5) is 11.3. The van der Waals surface area contributed by atoms with E-state index < -0.39 is 0 Å². The molecule has 110 valence electrons. The zero-order valence-corrected chi connectivity index (χ0v) is 12.2. The van der Waals surface area contributed by atoms with E-state index >= 15 is 0 Å². The maximum Gasteiger partial charge on any atom is 0.262 e. The summed E-state index contributed by atoms with van der Waals surface area (Å²) in [5.41, 5.74) is 8.19. The average Bonchev–Trinajstić information content (AvgIpc) is 2.40. The van der Waals surface area contributed by atoms with Gasteiger partial charge < -0.3 is 21.1 Å². The van der Waals surface area contributed by atoms with Gasteiger partial charge in [-0.15, -0.1) is 0 Å². The largest absolute Gasteiger partial charge is 0.482 e. The van der Waals surface area contributed by atoms with Crippen LogP contribution < -0.4 is 21.1 Å². The van der Waals surface area contributed by atoms with Crippen LogP contribution in [-0.4, -0.2) is 18.6 Å². The Morgan fingerprint density at radius 1 is 1.45 bits per heavy atom. The van der Waals surface area contributed by atoms with E-state index in [1.807, 2.05) is 6.07 Å². The number of amides is 1. The molecule has 0 bridgehead atoms. The Morgan fingerprint density at radius 2 is 2.25 bits per heavy atom. The minimum absolute atomic E-state index is 0.0482. The molecule has 5 heteroatoms. The summed E-state index contributed by atoms with van der Waals surface area (Å²) in [6, 6.07) is 3.95. The number of nitrogens with two attached hydrogens (primary N) is 1. The smallest absolute Gasteiger partial charge is 0.262 e. The van der Waals surface area contributed by atoms with Gasteiger partial charge in [0, 0.05) is 12.1 Å². The molecule has 1 amide bonds. The first-order valence-corrected chi connectivity index (χ1v) is 7.23. The summed E-state index contributed by atoms with van der Waals surface area (Å²) in [7, 11) is 0. The Labute approximate surface area is 119 Å². The van der Waals surface area contributed by atoms with E-state index in [4.69, 9.17) is 10.5 Å². The number of unbranched alkanes of at least 4 members (excludes halogenated alkanes) is 2. The molecule has 1 aliphatic heterocycles. The Kier molecular flexibility index (Phi) is 4.71. The monoisotopic (exact) mass is 277 g/mol. The van der Waals surface area contributed by atoms with Crippen LogP contribution in [-0.2, 0) is 4.79 Å². The van der Waals surface area contributed by atoms with Gasteiger partial charge in [-0.25, -0.2) is 0 Å². The van der Waals surface area contributed by atoms with Crippen molar-refractivity contribution in [1.82, 2.24) is 0 Å². The predicted octanol–water partition coefficient (Wildman–Crippen LogP) is 2.98. The van der Waals surface area contributed by atoms with E-state index in [-0.39, 0.29) is 12.5 Å². The van der Waals surface area contributed by atoms with Crippen LogP contribution in [0.1, 0.15) is 39.5 Å². The highest BCUT2D eigenvalue weighted by atomic mass is 16.5. The molecular weight excluding hydrogens is 254 g/mol. The van der Waals surface area contributed by atoms with Crippen molar-refractivity contribution in [2.75, 3.05) is 23.0 Å². The highest BCUT2D eigenvalue weighted by Gasteiger charge is 2.18. The molecule has 1 heterocycles. The highest BCUT2D eigenvalue weighted by Crippen LogP contribution is 2.35. The van der Waals surface area contributed by atoms with Gasteiger partial charge in [0.2, 0.25) is 0 Å². The third-order valence-electron chi connectivity index (χ3n) is 3.43. The topological polar surface area (TPSA) is 76.4 Å². The molecule has 1 aliphatic rings. The lowest BCUT2D eigenvalue weighted by Crippen LogP contribution is -2.26. The summed E-state index contributed by atoms with van der Waals surface area (Å²) in [6.07, 6.45) is 4.77. The second-order valence-corrected chi connectivity index (χ2v) is 5.31. The van der Waals surface area contributed by atoms with Crippen molar-refractivity contribution < 1.29 is 9.53 Å². The van der Waals surface area contributed by atoms with E-state index in [0.717, 1.165) is 12.1 Å². The molecule has 1 aromatic carbocycles. The molecule has 1 atom stereocenters. The number of nitrogen functional groups attached to an aromatic ring is 1. The maximum atomic E-state index is 11.3. The van der Waals surface area contributed by atoms with Crippen LogP contribution in [0.3, 0.4) is 0 Å². The molecule has 0 saturated heterocycles. The van der Waals surface area contributed by atoms with E-state index in [2.05, 4.69) is 24.5 Å². The number of hydrogen-bond donors (Lipinski definition) is 3. The third kappa shape index (κ3) is 3.56. The maximum absolute atomic E-state index is 11.3. The summed E-state index contributed by atoms with van der Waals surface area (Å²) >= 11 is 0. The van der Waals surface area contributed by atoms with Crippen LogP contribution in [0.4, 0.5) is 17.1 Å². The van der Waals surface area contributed by atoms with Crippen LogP contribution in [0.2, 0.25) is 0 Å². The molecule has 0 saturated carbocycles. The van der Waals surface area contributed by atoms with Crippen LogP contribution in [0, 0.1) is 0 Å². The SMILES string of the molecule is CCCCCC(C)Nc1cc2c(cc1N)OCC(=O)N2. The Balaban J connectivity index is 2.04. The van der Waals surface area contributed by atoms with Gasteiger partial charge in [-0.05, 0) is 19.4 Å². The van der Waals surface area contributed by atoms with Crippen molar-refractivity contribution in [1.29, 1.82) is 0 Å². The Morgan fingerprint density at radius 3 is 3.00 bits per heavy atom. The normalized spacial score (nSPS) is 15.0. The zero-order valence-electron chi connectivity index (χ0n) is 12.2. The lowest BCUT2D eigenvalue weighted by atomic mass is 10.1. The Bertz CT molecular complexity index is 488. The van der Waals surface area contributed by atoms with Gasteiger partial charge >= 0.3 is 0 Å². The van der Waals surface area contributed by atoms with E-state index in [1.54, 1.807) is 6.07 Å². The van der Waals surface area contributed by atoms with E-state index in [1.165, 1.54) is 19.3 Å². The molecule has 4 N–H and O–H groups in total. The van der Waals surface area contributed by atoms with Crippen LogP contribution in [0.5, 0.6) is 5.75 Å². The van der Waals surface area contributed by atoms with Gasteiger partial charge in [-0.1, -0.05) is 26.2 Å². The van der Waals surface area contributed by atoms with E-state index in [9.17, 15) is 4.79 Å². The first-order valence-electron chi connectivity index (χ1n) is 7.23. The van der Waals surface area contributed by atoms with Gasteiger partial charge in [0.05, 0.1) is 17.1 Å². The molecule has 0 aromatic heterocycles. The molecule has 1 aromatic rings. The third-order valence-corrected chi connectivity index (χ3v) is 3.43. The number of anilines is 3. The van der Waals surface area contributed by atoms with Crippen LogP contribution in [0.15, 0.2) is 12.1 Å². The van der Waals surface area contributed by atoms with Crippen molar-refractivity contribution in [2.45, 2.75) is 45.6 Å². The molecule has 0 fully saturated rings. The fourth-order valence-electron chi connectivity index (χ4n) is 2.31. The number of ether oxygens (including phenoxy) is 1. The fourth-order valence-corrected chi connectivity index (χ4v) is 2.31. The molecule has 2 rings (SSSR count). The molecular formula is C15H23N3O2. The fraction of sp³-hybridized carbons (Fsp3) is 0.533. The zero-order chi connectivity index (χ0) is 14.5. The quantitative estimate of drug-likeness (QED) is 0.552. The molecule has 1 unspecified atom stereocenters. The van der Waals surface area contributed by atoms with Gasteiger partial charge in [-0.3, -0.25) is 4.79 Å². The minimum atomic E-state index is -0.135. The number of fused-ring (bicyclic) bond motifs is 1. The number of carbonyl (C=O) groups excluding carboxylic acids is 1. The molecule has 0 aliphatic carbocycles.